The van der Waals surface area contributed by atoms with Gasteiger partial charge in [0.05, 0.1) is 12.6 Å². The summed E-state index contributed by atoms with van der Waals surface area (Å²) in [6, 6.07) is 13.7. The average Bonchev–Trinajstić information content (AvgIpc) is 3.20. The number of hydrogen-bond donors (Lipinski definition) is 1. The van der Waals surface area contributed by atoms with Crippen LogP contribution in [0, 0.1) is 5.92 Å². The minimum atomic E-state index is -0.282. The van der Waals surface area contributed by atoms with Crippen molar-refractivity contribution in [1.29, 1.82) is 0 Å². The van der Waals surface area contributed by atoms with Crippen LogP contribution in [0.1, 0.15) is 54.2 Å². The van der Waals surface area contributed by atoms with E-state index in [-0.39, 0.29) is 24.8 Å². The van der Waals surface area contributed by atoms with E-state index in [4.69, 9.17) is 19.2 Å². The molecule has 152 valence electrons. The van der Waals surface area contributed by atoms with Gasteiger partial charge in [-0.15, -0.1) is 0 Å². The molecule has 0 saturated heterocycles. The highest BCUT2D eigenvalue weighted by atomic mass is 16.7. The number of aliphatic imine (C=N–C) groups is 1. The van der Waals surface area contributed by atoms with Gasteiger partial charge in [0.2, 0.25) is 6.79 Å². The Morgan fingerprint density at radius 1 is 1.21 bits per heavy atom. The number of carbonyl (C=O) groups excluding carboxylic acids is 1. The second-order valence-electron chi connectivity index (χ2n) is 7.77. The topological polar surface area (TPSA) is 69.2 Å². The molecule has 2 aromatic rings. The first-order valence-electron chi connectivity index (χ1n) is 10.1. The van der Waals surface area contributed by atoms with Crippen LogP contribution in [0.3, 0.4) is 0 Å². The van der Waals surface area contributed by atoms with Crippen LogP contribution in [0.15, 0.2) is 47.5 Å². The fraction of sp³-hybridized carbons (Fsp3) is 0.391. The minimum absolute atomic E-state index is 0.0147. The normalized spacial score (nSPS) is 17.8. The van der Waals surface area contributed by atoms with E-state index in [0.29, 0.717) is 29.6 Å². The van der Waals surface area contributed by atoms with Gasteiger partial charge in [0, 0.05) is 5.56 Å². The van der Waals surface area contributed by atoms with Crippen molar-refractivity contribution in [2.24, 2.45) is 10.9 Å². The van der Waals surface area contributed by atoms with Crippen molar-refractivity contribution in [3.8, 4) is 11.5 Å². The second-order valence-corrected chi connectivity index (χ2v) is 7.77. The molecule has 0 spiro atoms. The molecule has 1 unspecified atom stereocenters. The van der Waals surface area contributed by atoms with E-state index in [1.807, 2.05) is 6.07 Å². The Morgan fingerprint density at radius 3 is 2.90 bits per heavy atom. The summed E-state index contributed by atoms with van der Waals surface area (Å²) in [4.78, 5) is 17.6. The smallest absolute Gasteiger partial charge is 0.292 e. The predicted molar refractivity (Wildman–Crippen MR) is 110 cm³/mol. The van der Waals surface area contributed by atoms with Crippen LogP contribution in [0.25, 0.3) is 0 Å². The van der Waals surface area contributed by atoms with Crippen LogP contribution >= 0.6 is 0 Å². The molecule has 0 aromatic heterocycles. The standard InChI is InChI=1S/C23H26N2O4/c1-15(2)13-27-23(24-19-9-5-7-16-6-3-4-8-18(16)19)25-22(26)17-10-11-20-21(12-17)29-14-28-20/h3-4,6,8,10-12,15,19H,5,7,9,13-14H2,1-2H3,(H,24,25,26). The molecule has 2 aromatic carbocycles. The van der Waals surface area contributed by atoms with Crippen LogP contribution in [-0.2, 0) is 11.2 Å². The Bertz CT molecular complexity index is 923. The Kier molecular flexibility index (Phi) is 5.69. The lowest BCUT2D eigenvalue weighted by atomic mass is 9.88. The molecular weight excluding hydrogens is 368 g/mol. The molecule has 1 amide bonds. The molecule has 1 atom stereocenters. The Morgan fingerprint density at radius 2 is 2.03 bits per heavy atom. The van der Waals surface area contributed by atoms with Crippen molar-refractivity contribution >= 4 is 11.9 Å². The Labute approximate surface area is 170 Å². The van der Waals surface area contributed by atoms with E-state index in [2.05, 4.69) is 37.4 Å². The zero-order valence-corrected chi connectivity index (χ0v) is 16.8. The zero-order valence-electron chi connectivity index (χ0n) is 16.8. The number of fused-ring (bicyclic) bond motifs is 2. The van der Waals surface area contributed by atoms with E-state index in [1.54, 1.807) is 18.2 Å². The van der Waals surface area contributed by atoms with Crippen molar-refractivity contribution in [1.82, 2.24) is 5.32 Å². The van der Waals surface area contributed by atoms with Crippen molar-refractivity contribution in [2.45, 2.75) is 39.2 Å². The van der Waals surface area contributed by atoms with Crippen LogP contribution in [0.2, 0.25) is 0 Å². The average molecular weight is 394 g/mol. The molecule has 1 N–H and O–H groups in total. The lowest BCUT2D eigenvalue weighted by molar-refractivity contribution is 0.0962. The van der Waals surface area contributed by atoms with Crippen molar-refractivity contribution < 1.29 is 19.0 Å². The molecule has 1 heterocycles. The van der Waals surface area contributed by atoms with Gasteiger partial charge in [0.1, 0.15) is 0 Å². The quantitative estimate of drug-likeness (QED) is 0.622. The fourth-order valence-corrected chi connectivity index (χ4v) is 3.56. The summed E-state index contributed by atoms with van der Waals surface area (Å²) >= 11 is 0. The fourth-order valence-electron chi connectivity index (χ4n) is 3.56. The molecule has 0 fully saturated rings. The Hall–Kier alpha value is -3.02. The van der Waals surface area contributed by atoms with E-state index in [1.165, 1.54) is 11.1 Å². The number of carbonyl (C=O) groups is 1. The second kappa shape index (κ2) is 8.55. The van der Waals surface area contributed by atoms with Gasteiger partial charge >= 0.3 is 0 Å². The lowest BCUT2D eigenvalue weighted by Gasteiger charge is -2.23. The summed E-state index contributed by atoms with van der Waals surface area (Å²) in [6.45, 7) is 4.78. The first kappa shape index (κ1) is 19.3. The third-order valence-electron chi connectivity index (χ3n) is 5.02. The van der Waals surface area contributed by atoms with E-state index < -0.39 is 0 Å². The third-order valence-corrected chi connectivity index (χ3v) is 5.02. The van der Waals surface area contributed by atoms with E-state index in [9.17, 15) is 4.79 Å². The maximum atomic E-state index is 12.8. The zero-order chi connectivity index (χ0) is 20.2. The maximum absolute atomic E-state index is 12.8. The Balaban J connectivity index is 1.56. The number of benzene rings is 2. The van der Waals surface area contributed by atoms with Gasteiger partial charge < -0.3 is 14.2 Å². The van der Waals surface area contributed by atoms with Gasteiger partial charge in [-0.2, -0.15) is 0 Å². The van der Waals surface area contributed by atoms with Gasteiger partial charge in [0.25, 0.3) is 11.9 Å². The van der Waals surface area contributed by atoms with Crippen LogP contribution in [0.5, 0.6) is 11.5 Å². The summed E-state index contributed by atoms with van der Waals surface area (Å²) in [5.74, 6) is 1.25. The number of aryl methyl sites for hydroxylation is 1. The van der Waals surface area contributed by atoms with Crippen molar-refractivity contribution in [2.75, 3.05) is 13.4 Å². The molecule has 1 aliphatic carbocycles. The summed E-state index contributed by atoms with van der Waals surface area (Å²) < 4.78 is 16.5. The van der Waals surface area contributed by atoms with Crippen LogP contribution in [0.4, 0.5) is 0 Å². The van der Waals surface area contributed by atoms with Gasteiger partial charge in [0.15, 0.2) is 11.5 Å². The molecular formula is C23H26N2O4. The minimum Gasteiger partial charge on any atom is -0.465 e. The molecule has 0 bridgehead atoms. The number of nitrogens with one attached hydrogen (secondary N) is 1. The number of ether oxygens (including phenoxy) is 3. The summed E-state index contributed by atoms with van der Waals surface area (Å²) in [5, 5.41) is 2.85. The van der Waals surface area contributed by atoms with Gasteiger partial charge in [-0.1, -0.05) is 38.1 Å². The maximum Gasteiger partial charge on any atom is 0.292 e. The van der Waals surface area contributed by atoms with Crippen LogP contribution in [-0.4, -0.2) is 25.3 Å². The molecule has 1 aliphatic heterocycles. The number of rotatable bonds is 4. The lowest BCUT2D eigenvalue weighted by Crippen LogP contribution is -2.34. The predicted octanol–water partition coefficient (Wildman–Crippen LogP) is 4.25. The highest BCUT2D eigenvalue weighted by Crippen LogP contribution is 2.33. The van der Waals surface area contributed by atoms with Crippen LogP contribution < -0.4 is 14.8 Å². The molecule has 4 rings (SSSR count). The molecule has 6 heteroatoms. The van der Waals surface area contributed by atoms with Crippen molar-refractivity contribution in [3.05, 3.63) is 59.2 Å². The molecule has 2 aliphatic rings. The SMILES string of the molecule is CC(C)COC(=NC1CCCc2ccccc21)NC(=O)c1ccc2c(c1)OCO2. The largest absolute Gasteiger partial charge is 0.465 e. The monoisotopic (exact) mass is 394 g/mol. The molecule has 0 saturated carbocycles. The highest BCUT2D eigenvalue weighted by Gasteiger charge is 2.22. The number of amidine groups is 1. The first-order chi connectivity index (χ1) is 14.1. The molecule has 6 nitrogen and oxygen atoms in total. The van der Waals surface area contributed by atoms with Gasteiger partial charge in [-0.3, -0.25) is 10.1 Å². The van der Waals surface area contributed by atoms with Crippen molar-refractivity contribution in [3.63, 3.8) is 0 Å². The summed E-state index contributed by atoms with van der Waals surface area (Å²) in [5.41, 5.74) is 3.00. The first-order valence-corrected chi connectivity index (χ1v) is 10.1. The number of amides is 1. The van der Waals surface area contributed by atoms with Gasteiger partial charge in [-0.25, -0.2) is 4.99 Å². The highest BCUT2D eigenvalue weighted by molar-refractivity contribution is 6.04. The number of hydrogen-bond acceptors (Lipinski definition) is 5. The molecule has 0 radical (unpaired) electrons. The summed E-state index contributed by atoms with van der Waals surface area (Å²) in [7, 11) is 0. The van der Waals surface area contributed by atoms with E-state index >= 15 is 0 Å². The van der Waals surface area contributed by atoms with E-state index in [0.717, 1.165) is 19.3 Å². The molecule has 29 heavy (non-hydrogen) atoms. The summed E-state index contributed by atoms with van der Waals surface area (Å²) in [6.07, 6.45) is 3.07. The number of nitrogens with zero attached hydrogens (tertiary/aromatic N) is 1. The third kappa shape index (κ3) is 4.53. The van der Waals surface area contributed by atoms with Gasteiger partial charge in [-0.05, 0) is 54.5 Å².